The number of fused-ring (bicyclic) bond motifs is 1. The molecule has 2 aliphatic rings. The summed E-state index contributed by atoms with van der Waals surface area (Å²) >= 11 is 0. The van der Waals surface area contributed by atoms with E-state index in [1.807, 2.05) is 13.8 Å². The lowest BCUT2D eigenvalue weighted by atomic mass is 9.96. The number of piperazine rings is 2. The molecule has 3 amide bonds. The minimum absolute atomic E-state index is 0.0360. The van der Waals surface area contributed by atoms with Crippen molar-refractivity contribution in [3.63, 3.8) is 0 Å². The largest absolute Gasteiger partial charge is 0.497 e. The number of carbonyl (C=O) groups excluding carboxylic acids is 3. The fourth-order valence-electron chi connectivity index (χ4n) is 3.34. The van der Waals surface area contributed by atoms with Crippen LogP contribution in [0.4, 0.5) is 0 Å². The van der Waals surface area contributed by atoms with Gasteiger partial charge < -0.3 is 19.9 Å². The smallest absolute Gasteiger partial charge is 0.254 e. The van der Waals surface area contributed by atoms with E-state index >= 15 is 0 Å². The van der Waals surface area contributed by atoms with Crippen LogP contribution in [0.3, 0.4) is 0 Å². The number of benzene rings is 1. The highest BCUT2D eigenvalue weighted by Crippen LogP contribution is 2.21. The lowest BCUT2D eigenvalue weighted by Crippen LogP contribution is -2.70. The number of nitrogens with one attached hydrogen (secondary N) is 1. The fraction of sp³-hybridized carbons (Fsp3) is 0.500. The van der Waals surface area contributed by atoms with Crippen molar-refractivity contribution >= 4 is 17.7 Å². The Morgan fingerprint density at radius 3 is 2.72 bits per heavy atom. The Labute approximate surface area is 146 Å². The second-order valence-electron chi connectivity index (χ2n) is 6.76. The first-order valence-electron chi connectivity index (χ1n) is 8.46. The summed E-state index contributed by atoms with van der Waals surface area (Å²) in [6.45, 7) is 4.81. The van der Waals surface area contributed by atoms with Gasteiger partial charge in [0, 0.05) is 18.7 Å². The summed E-state index contributed by atoms with van der Waals surface area (Å²) < 4.78 is 5.16. The number of methoxy groups -OCH3 is 1. The number of rotatable bonds is 3. The molecule has 2 heterocycles. The van der Waals surface area contributed by atoms with Crippen LogP contribution in [0.2, 0.25) is 0 Å². The van der Waals surface area contributed by atoms with Gasteiger partial charge in [-0.05, 0) is 24.1 Å². The van der Waals surface area contributed by atoms with E-state index in [2.05, 4.69) is 5.32 Å². The van der Waals surface area contributed by atoms with Gasteiger partial charge in [-0.25, -0.2) is 0 Å². The lowest BCUT2D eigenvalue weighted by Gasteiger charge is -2.46. The highest BCUT2D eigenvalue weighted by molar-refractivity contribution is 5.99. The topological polar surface area (TPSA) is 79.0 Å². The first kappa shape index (κ1) is 17.3. The van der Waals surface area contributed by atoms with Crippen LogP contribution in [0.15, 0.2) is 24.3 Å². The zero-order valence-electron chi connectivity index (χ0n) is 14.7. The van der Waals surface area contributed by atoms with E-state index in [9.17, 15) is 14.4 Å². The molecule has 2 aliphatic heterocycles. The third kappa shape index (κ3) is 3.18. The maximum atomic E-state index is 12.7. The number of nitrogens with zero attached hydrogens (tertiary/aromatic N) is 2. The summed E-state index contributed by atoms with van der Waals surface area (Å²) in [6.07, 6.45) is 0. The van der Waals surface area contributed by atoms with E-state index in [-0.39, 0.29) is 30.2 Å². The minimum Gasteiger partial charge on any atom is -0.497 e. The van der Waals surface area contributed by atoms with Gasteiger partial charge in [-0.2, -0.15) is 0 Å². The van der Waals surface area contributed by atoms with Crippen molar-refractivity contribution in [3.05, 3.63) is 29.8 Å². The zero-order valence-corrected chi connectivity index (χ0v) is 14.7. The molecular formula is C18H23N3O4. The van der Waals surface area contributed by atoms with Crippen molar-refractivity contribution < 1.29 is 19.1 Å². The van der Waals surface area contributed by atoms with E-state index in [0.717, 1.165) is 0 Å². The second kappa shape index (κ2) is 6.74. The van der Waals surface area contributed by atoms with Gasteiger partial charge in [0.25, 0.3) is 5.91 Å². The number of ether oxygens (including phenoxy) is 1. The van der Waals surface area contributed by atoms with Crippen molar-refractivity contribution in [1.29, 1.82) is 0 Å². The van der Waals surface area contributed by atoms with Crippen molar-refractivity contribution in [2.75, 3.05) is 26.7 Å². The Hall–Kier alpha value is -2.57. The fourth-order valence-corrected chi connectivity index (χ4v) is 3.34. The molecule has 0 unspecified atom stereocenters. The highest BCUT2D eigenvalue weighted by Gasteiger charge is 2.45. The second-order valence-corrected chi connectivity index (χ2v) is 6.76. The maximum absolute atomic E-state index is 12.7. The van der Waals surface area contributed by atoms with Crippen LogP contribution in [0, 0.1) is 5.92 Å². The molecule has 0 saturated carbocycles. The van der Waals surface area contributed by atoms with Crippen LogP contribution in [0.1, 0.15) is 24.2 Å². The van der Waals surface area contributed by atoms with Gasteiger partial charge in [0.05, 0.1) is 13.7 Å². The summed E-state index contributed by atoms with van der Waals surface area (Å²) in [5, 5.41) is 2.79. The molecule has 1 N–H and O–H groups in total. The van der Waals surface area contributed by atoms with Crippen molar-refractivity contribution in [2.45, 2.75) is 25.9 Å². The number of amides is 3. The average molecular weight is 345 g/mol. The first-order chi connectivity index (χ1) is 11.9. The molecule has 0 spiro atoms. The van der Waals surface area contributed by atoms with E-state index in [0.29, 0.717) is 24.4 Å². The van der Waals surface area contributed by atoms with Crippen LogP contribution in [-0.4, -0.2) is 66.3 Å². The number of carbonyl (C=O) groups is 3. The van der Waals surface area contributed by atoms with E-state index in [4.69, 9.17) is 4.74 Å². The van der Waals surface area contributed by atoms with Gasteiger partial charge in [-0.15, -0.1) is 0 Å². The van der Waals surface area contributed by atoms with Crippen molar-refractivity contribution in [1.82, 2.24) is 15.1 Å². The molecule has 7 heteroatoms. The van der Waals surface area contributed by atoms with Gasteiger partial charge >= 0.3 is 0 Å². The molecule has 0 radical (unpaired) electrons. The van der Waals surface area contributed by atoms with Crippen LogP contribution < -0.4 is 10.1 Å². The van der Waals surface area contributed by atoms with Crippen LogP contribution in [0.25, 0.3) is 0 Å². The SMILES string of the molecule is COc1cccc(C(=O)N2CCN3C(=O)[C@H](C(C)C)NC(=O)[C@H]3C2)c1. The molecule has 3 rings (SSSR count). The summed E-state index contributed by atoms with van der Waals surface area (Å²) in [4.78, 5) is 41.0. The molecular weight excluding hydrogens is 322 g/mol. The van der Waals surface area contributed by atoms with Gasteiger partial charge in [0.15, 0.2) is 0 Å². The number of hydrogen-bond donors (Lipinski definition) is 1. The van der Waals surface area contributed by atoms with Crippen molar-refractivity contribution in [3.8, 4) is 5.75 Å². The molecule has 0 bridgehead atoms. The van der Waals surface area contributed by atoms with Crippen LogP contribution in [0.5, 0.6) is 5.75 Å². The molecule has 134 valence electrons. The zero-order chi connectivity index (χ0) is 18.1. The maximum Gasteiger partial charge on any atom is 0.254 e. The number of hydrogen-bond acceptors (Lipinski definition) is 4. The minimum atomic E-state index is -0.620. The summed E-state index contributed by atoms with van der Waals surface area (Å²) in [7, 11) is 1.55. The summed E-state index contributed by atoms with van der Waals surface area (Å²) in [5.41, 5.74) is 0.510. The van der Waals surface area contributed by atoms with Gasteiger partial charge in [0.2, 0.25) is 11.8 Å². The summed E-state index contributed by atoms with van der Waals surface area (Å²) in [6, 6.07) is 5.82. The predicted molar refractivity (Wildman–Crippen MR) is 91.2 cm³/mol. The van der Waals surface area contributed by atoms with Gasteiger partial charge in [-0.1, -0.05) is 19.9 Å². The predicted octanol–water partition coefficient (Wildman–Crippen LogP) is 0.503. The van der Waals surface area contributed by atoms with Crippen LogP contribution >= 0.6 is 0 Å². The van der Waals surface area contributed by atoms with E-state index in [1.54, 1.807) is 41.2 Å². The monoisotopic (exact) mass is 345 g/mol. The van der Waals surface area contributed by atoms with Gasteiger partial charge in [-0.3, -0.25) is 14.4 Å². The molecule has 2 fully saturated rings. The van der Waals surface area contributed by atoms with Gasteiger partial charge in [0.1, 0.15) is 17.8 Å². The molecule has 0 aliphatic carbocycles. The molecule has 2 saturated heterocycles. The summed E-state index contributed by atoms with van der Waals surface area (Å²) in [5.74, 6) is 0.225. The molecule has 1 aromatic rings. The Morgan fingerprint density at radius 2 is 2.04 bits per heavy atom. The van der Waals surface area contributed by atoms with E-state index < -0.39 is 12.1 Å². The average Bonchev–Trinajstić information content (AvgIpc) is 2.63. The Morgan fingerprint density at radius 1 is 1.28 bits per heavy atom. The standard InChI is InChI=1S/C18H23N3O4/c1-11(2)15-18(24)21-8-7-20(10-14(21)16(22)19-15)17(23)12-5-4-6-13(9-12)25-3/h4-6,9,11,14-15H,7-8,10H2,1-3H3,(H,19,22)/t14-,15+/m1/s1. The van der Waals surface area contributed by atoms with E-state index in [1.165, 1.54) is 0 Å². The molecule has 0 aromatic heterocycles. The van der Waals surface area contributed by atoms with Crippen molar-refractivity contribution in [2.24, 2.45) is 5.92 Å². The Kier molecular flexibility index (Phi) is 4.65. The molecule has 25 heavy (non-hydrogen) atoms. The normalized spacial score (nSPS) is 23.4. The third-order valence-corrected chi connectivity index (χ3v) is 4.80. The lowest BCUT2D eigenvalue weighted by molar-refractivity contribution is -0.153. The third-order valence-electron chi connectivity index (χ3n) is 4.80. The first-order valence-corrected chi connectivity index (χ1v) is 8.46. The molecule has 7 nitrogen and oxygen atoms in total. The Balaban J connectivity index is 1.75. The van der Waals surface area contributed by atoms with Crippen LogP contribution in [-0.2, 0) is 9.59 Å². The molecule has 2 atom stereocenters. The highest BCUT2D eigenvalue weighted by atomic mass is 16.5. The molecule has 1 aromatic carbocycles. The quantitative estimate of drug-likeness (QED) is 0.865. The Bertz CT molecular complexity index is 703.